The van der Waals surface area contributed by atoms with Crippen LogP contribution in [0.3, 0.4) is 0 Å². The molecule has 12 heteroatoms. The Labute approximate surface area is 149 Å². The summed E-state index contributed by atoms with van der Waals surface area (Å²) in [5.74, 6) is -2.67. The summed E-state index contributed by atoms with van der Waals surface area (Å²) in [5.41, 5.74) is -7.04. The summed E-state index contributed by atoms with van der Waals surface area (Å²) < 4.78 is 90.0. The van der Waals surface area contributed by atoms with Gasteiger partial charge in [-0.25, -0.2) is 8.78 Å². The number of pyridine rings is 1. The molecule has 3 aromatic rings. The normalized spacial score (nSPS) is 12.2. The van der Waals surface area contributed by atoms with Crippen LogP contribution in [-0.4, -0.2) is 29.1 Å². The van der Waals surface area contributed by atoms with E-state index in [0.717, 1.165) is 4.72 Å². The van der Waals surface area contributed by atoms with E-state index in [4.69, 9.17) is 0 Å². The summed E-state index contributed by atoms with van der Waals surface area (Å²) in [5, 5.41) is 6.17. The Morgan fingerprint density at radius 2 is 1.70 bits per heavy atom. The van der Waals surface area contributed by atoms with Crippen LogP contribution in [0.2, 0.25) is 0 Å². The van der Waals surface area contributed by atoms with E-state index in [-0.39, 0.29) is 11.3 Å². The molecule has 0 spiro atoms. The van der Waals surface area contributed by atoms with Crippen LogP contribution in [0.15, 0.2) is 42.9 Å². The van der Waals surface area contributed by atoms with Crippen molar-refractivity contribution in [2.75, 3.05) is 4.72 Å². The zero-order chi connectivity index (χ0) is 19.8. The zero-order valence-electron chi connectivity index (χ0n) is 13.1. The Morgan fingerprint density at radius 3 is 2.33 bits per heavy atom. The number of hydrogen-bond donors (Lipinski definition) is 2. The van der Waals surface area contributed by atoms with Gasteiger partial charge < -0.3 is 0 Å². The van der Waals surface area contributed by atoms with E-state index >= 15 is 0 Å². The number of nitrogens with zero attached hydrogens (tertiary/aromatic N) is 2. The van der Waals surface area contributed by atoms with Gasteiger partial charge in [0, 0.05) is 24.2 Å². The average molecular weight is 404 g/mol. The Hall–Kier alpha value is -3.02. The lowest BCUT2D eigenvalue weighted by atomic mass is 10.0. The molecule has 0 amide bonds. The number of nitrogens with one attached hydrogen (secondary N) is 2. The second-order valence-electron chi connectivity index (χ2n) is 5.22. The van der Waals surface area contributed by atoms with E-state index in [2.05, 4.69) is 15.2 Å². The Bertz CT molecular complexity index is 1080. The first-order chi connectivity index (χ1) is 12.6. The van der Waals surface area contributed by atoms with E-state index in [1.165, 1.54) is 30.7 Å². The van der Waals surface area contributed by atoms with Gasteiger partial charge in [0.05, 0.1) is 11.3 Å². The molecule has 2 N–H and O–H groups in total. The molecule has 0 saturated heterocycles. The summed E-state index contributed by atoms with van der Waals surface area (Å²) in [6.45, 7) is 0. The fourth-order valence-corrected chi connectivity index (χ4v) is 2.85. The minimum Gasteiger partial charge on any atom is -0.284 e. The maximum Gasteiger partial charge on any atom is 0.516 e. The minimum atomic E-state index is -5.88. The van der Waals surface area contributed by atoms with Crippen LogP contribution in [0.25, 0.3) is 22.4 Å². The molecule has 0 aliphatic rings. The average Bonchev–Trinajstić information content (AvgIpc) is 3.06. The zero-order valence-corrected chi connectivity index (χ0v) is 13.9. The highest BCUT2D eigenvalue weighted by molar-refractivity contribution is 7.93. The van der Waals surface area contributed by atoms with Gasteiger partial charge in [0.15, 0.2) is 5.82 Å². The highest BCUT2D eigenvalue weighted by atomic mass is 32.2. The van der Waals surface area contributed by atoms with E-state index in [1.807, 2.05) is 0 Å². The molecule has 0 fully saturated rings. The van der Waals surface area contributed by atoms with Crippen molar-refractivity contribution < 1.29 is 30.4 Å². The van der Waals surface area contributed by atoms with Crippen molar-refractivity contribution in [2.24, 2.45) is 0 Å². The first-order valence-electron chi connectivity index (χ1n) is 7.13. The number of rotatable bonds is 4. The molecule has 0 aliphatic carbocycles. The molecule has 6 nitrogen and oxygen atoms in total. The predicted molar refractivity (Wildman–Crippen MR) is 85.8 cm³/mol. The van der Waals surface area contributed by atoms with E-state index in [0.29, 0.717) is 17.7 Å². The van der Waals surface area contributed by atoms with Crippen LogP contribution >= 0.6 is 0 Å². The number of aromatic nitrogens is 3. The molecule has 2 heterocycles. The molecule has 1 aromatic carbocycles. The molecule has 0 atom stereocenters. The predicted octanol–water partition coefficient (Wildman–Crippen LogP) is 3.68. The topological polar surface area (TPSA) is 87.7 Å². The van der Waals surface area contributed by atoms with E-state index in [9.17, 15) is 30.4 Å². The number of hydrogen-bond acceptors (Lipinski definition) is 4. The molecule has 0 saturated carbocycles. The Balaban J connectivity index is 2.13. The standard InChI is InChI=1S/C15H9F5N4O2S/c16-10-1-2-11(24-27(25,26)15(18,19)20)13(17)12(10)14-9(7-22-23-14)8-3-5-21-6-4-8/h1-7,24H,(H,22,23). The van der Waals surface area contributed by atoms with Gasteiger partial charge in [-0.05, 0) is 29.8 Å². The Kier molecular flexibility index (Phi) is 4.59. The Morgan fingerprint density at radius 1 is 1.04 bits per heavy atom. The SMILES string of the molecule is O=S(=O)(Nc1ccc(F)c(-c2n[nH]cc2-c2ccncc2)c1F)C(F)(F)F. The number of anilines is 1. The lowest BCUT2D eigenvalue weighted by molar-refractivity contribution is -0.0429. The van der Waals surface area contributed by atoms with Crippen LogP contribution in [0.5, 0.6) is 0 Å². The van der Waals surface area contributed by atoms with Crippen LogP contribution < -0.4 is 4.72 Å². The van der Waals surface area contributed by atoms with Crippen molar-refractivity contribution in [2.45, 2.75) is 5.51 Å². The largest absolute Gasteiger partial charge is 0.516 e. The molecule has 142 valence electrons. The van der Waals surface area contributed by atoms with Gasteiger partial charge in [0.2, 0.25) is 0 Å². The summed E-state index contributed by atoms with van der Waals surface area (Å²) in [4.78, 5) is 3.81. The lowest BCUT2D eigenvalue weighted by Gasteiger charge is -2.13. The number of halogens is 5. The molecule has 0 aliphatic heterocycles. The van der Waals surface area contributed by atoms with Crippen molar-refractivity contribution in [3.8, 4) is 22.4 Å². The molecule has 3 rings (SSSR count). The summed E-state index contributed by atoms with van der Waals surface area (Å²) in [7, 11) is -5.88. The highest BCUT2D eigenvalue weighted by Gasteiger charge is 2.46. The van der Waals surface area contributed by atoms with Gasteiger partial charge >= 0.3 is 15.5 Å². The number of sulfonamides is 1. The van der Waals surface area contributed by atoms with Crippen LogP contribution in [-0.2, 0) is 10.0 Å². The van der Waals surface area contributed by atoms with Crippen molar-refractivity contribution in [1.82, 2.24) is 15.2 Å². The molecular formula is C15H9F5N4O2S. The van der Waals surface area contributed by atoms with Crippen molar-refractivity contribution in [3.05, 3.63) is 54.5 Å². The third kappa shape index (κ3) is 3.47. The van der Waals surface area contributed by atoms with E-state index < -0.39 is 38.4 Å². The van der Waals surface area contributed by atoms with Gasteiger partial charge in [-0.3, -0.25) is 14.8 Å². The lowest BCUT2D eigenvalue weighted by Crippen LogP contribution is -2.30. The summed E-state index contributed by atoms with van der Waals surface area (Å²) in [6, 6.07) is 4.24. The number of aromatic amines is 1. The fourth-order valence-electron chi connectivity index (χ4n) is 2.28. The first-order valence-corrected chi connectivity index (χ1v) is 8.62. The number of benzene rings is 1. The smallest absolute Gasteiger partial charge is 0.284 e. The number of H-pyrrole nitrogens is 1. The van der Waals surface area contributed by atoms with Gasteiger partial charge in [-0.15, -0.1) is 0 Å². The monoisotopic (exact) mass is 404 g/mol. The molecule has 2 aromatic heterocycles. The maximum atomic E-state index is 14.7. The van der Waals surface area contributed by atoms with Crippen LogP contribution in [0.1, 0.15) is 0 Å². The maximum absolute atomic E-state index is 14.7. The van der Waals surface area contributed by atoms with Crippen LogP contribution in [0, 0.1) is 11.6 Å². The highest BCUT2D eigenvalue weighted by Crippen LogP contribution is 2.36. The molecular weight excluding hydrogens is 395 g/mol. The second kappa shape index (κ2) is 6.61. The van der Waals surface area contributed by atoms with Gasteiger partial charge in [-0.2, -0.15) is 26.7 Å². The van der Waals surface area contributed by atoms with Crippen molar-refractivity contribution >= 4 is 15.7 Å². The van der Waals surface area contributed by atoms with Gasteiger partial charge in [0.1, 0.15) is 11.5 Å². The summed E-state index contributed by atoms with van der Waals surface area (Å²) in [6.07, 6.45) is 4.18. The van der Waals surface area contributed by atoms with Crippen molar-refractivity contribution in [1.29, 1.82) is 0 Å². The van der Waals surface area contributed by atoms with E-state index in [1.54, 1.807) is 0 Å². The number of alkyl halides is 3. The quantitative estimate of drug-likeness (QED) is 0.650. The first kappa shape index (κ1) is 18.8. The molecule has 0 bridgehead atoms. The minimum absolute atomic E-state index is 0.242. The summed E-state index contributed by atoms with van der Waals surface area (Å²) >= 11 is 0. The third-order valence-electron chi connectivity index (χ3n) is 3.51. The van der Waals surface area contributed by atoms with Gasteiger partial charge in [-0.1, -0.05) is 0 Å². The third-order valence-corrected chi connectivity index (χ3v) is 4.61. The molecule has 27 heavy (non-hydrogen) atoms. The van der Waals surface area contributed by atoms with Crippen LogP contribution in [0.4, 0.5) is 27.6 Å². The molecule has 0 radical (unpaired) electrons. The second-order valence-corrected chi connectivity index (χ2v) is 6.89. The fraction of sp³-hybridized carbons (Fsp3) is 0.0667. The molecule has 0 unspecified atom stereocenters. The van der Waals surface area contributed by atoms with Crippen molar-refractivity contribution in [3.63, 3.8) is 0 Å². The van der Waals surface area contributed by atoms with Gasteiger partial charge in [0.25, 0.3) is 0 Å².